The summed E-state index contributed by atoms with van der Waals surface area (Å²) in [5.74, 6) is 0. The maximum atomic E-state index is 11.3. The standard InChI is InChI=1S/C8H8N4O2S/c13-7(12-8-10-1-3-14-8)11-5-6-9-2-4-15-6/h1-4H,5H2,(H2,10,11,12,13). The first-order valence-electron chi connectivity index (χ1n) is 4.17. The third-order valence-electron chi connectivity index (χ3n) is 1.54. The molecule has 15 heavy (non-hydrogen) atoms. The highest BCUT2D eigenvalue weighted by Crippen LogP contribution is 2.03. The molecule has 0 bridgehead atoms. The summed E-state index contributed by atoms with van der Waals surface area (Å²) < 4.78 is 4.85. The number of carbonyl (C=O) groups excluding carboxylic acids is 1. The van der Waals surface area contributed by atoms with Crippen molar-refractivity contribution in [3.05, 3.63) is 29.0 Å². The number of anilines is 1. The molecule has 0 saturated carbocycles. The Labute approximate surface area is 89.4 Å². The Hall–Kier alpha value is -1.89. The topological polar surface area (TPSA) is 80.0 Å². The highest BCUT2D eigenvalue weighted by molar-refractivity contribution is 7.09. The van der Waals surface area contributed by atoms with Crippen LogP contribution in [0.4, 0.5) is 10.8 Å². The molecule has 7 heteroatoms. The molecule has 0 radical (unpaired) electrons. The van der Waals surface area contributed by atoms with Gasteiger partial charge in [0, 0.05) is 11.6 Å². The molecule has 0 aliphatic carbocycles. The first kappa shape index (κ1) is 9.66. The van der Waals surface area contributed by atoms with Crippen LogP contribution in [0.15, 0.2) is 28.5 Å². The third kappa shape index (κ3) is 2.78. The molecule has 2 aromatic rings. The molecule has 0 spiro atoms. The molecule has 0 aromatic carbocycles. The van der Waals surface area contributed by atoms with E-state index < -0.39 is 0 Å². The van der Waals surface area contributed by atoms with Crippen molar-refractivity contribution < 1.29 is 9.21 Å². The lowest BCUT2D eigenvalue weighted by molar-refractivity contribution is 0.251. The predicted octanol–water partition coefficient (Wildman–Crippen LogP) is 1.45. The van der Waals surface area contributed by atoms with Crippen LogP contribution in [-0.2, 0) is 6.54 Å². The van der Waals surface area contributed by atoms with E-state index in [1.54, 1.807) is 6.20 Å². The molecule has 78 valence electrons. The number of nitrogens with zero attached hydrogens (tertiary/aromatic N) is 2. The van der Waals surface area contributed by atoms with E-state index in [0.717, 1.165) is 5.01 Å². The molecule has 2 rings (SSSR count). The molecule has 0 unspecified atom stereocenters. The minimum atomic E-state index is -0.368. The second-order valence-corrected chi connectivity index (χ2v) is 3.55. The van der Waals surface area contributed by atoms with Crippen molar-refractivity contribution in [2.45, 2.75) is 6.54 Å². The van der Waals surface area contributed by atoms with E-state index in [2.05, 4.69) is 20.6 Å². The molecular weight excluding hydrogens is 216 g/mol. The van der Waals surface area contributed by atoms with Gasteiger partial charge in [0.1, 0.15) is 11.3 Å². The minimum Gasteiger partial charge on any atom is -0.432 e. The van der Waals surface area contributed by atoms with Crippen molar-refractivity contribution in [2.24, 2.45) is 0 Å². The number of nitrogens with one attached hydrogen (secondary N) is 2. The molecule has 2 heterocycles. The molecule has 0 aliphatic rings. The number of hydrogen-bond donors (Lipinski definition) is 2. The van der Waals surface area contributed by atoms with Gasteiger partial charge in [0.2, 0.25) is 0 Å². The Morgan fingerprint density at radius 1 is 1.47 bits per heavy atom. The summed E-state index contributed by atoms with van der Waals surface area (Å²) in [7, 11) is 0. The first-order valence-corrected chi connectivity index (χ1v) is 5.05. The Kier molecular flexibility index (Phi) is 2.93. The normalized spacial score (nSPS) is 9.87. The smallest absolute Gasteiger partial charge is 0.323 e. The van der Waals surface area contributed by atoms with E-state index >= 15 is 0 Å². The van der Waals surface area contributed by atoms with Crippen LogP contribution < -0.4 is 10.6 Å². The number of rotatable bonds is 3. The summed E-state index contributed by atoms with van der Waals surface area (Å²) in [4.78, 5) is 19.0. The van der Waals surface area contributed by atoms with E-state index in [1.807, 2.05) is 5.38 Å². The minimum absolute atomic E-state index is 0.173. The van der Waals surface area contributed by atoms with Crippen LogP contribution in [0.1, 0.15) is 5.01 Å². The summed E-state index contributed by atoms with van der Waals surface area (Å²) in [6.45, 7) is 0.393. The Balaban J connectivity index is 1.78. The van der Waals surface area contributed by atoms with E-state index in [9.17, 15) is 4.79 Å². The van der Waals surface area contributed by atoms with Crippen molar-refractivity contribution >= 4 is 23.4 Å². The van der Waals surface area contributed by atoms with Gasteiger partial charge in [-0.2, -0.15) is 0 Å². The van der Waals surface area contributed by atoms with Crippen molar-refractivity contribution in [3.8, 4) is 0 Å². The van der Waals surface area contributed by atoms with Gasteiger partial charge in [0.25, 0.3) is 0 Å². The van der Waals surface area contributed by atoms with Gasteiger partial charge in [-0.15, -0.1) is 11.3 Å². The van der Waals surface area contributed by atoms with Gasteiger partial charge >= 0.3 is 12.0 Å². The van der Waals surface area contributed by atoms with Crippen LogP contribution in [0, 0.1) is 0 Å². The highest BCUT2D eigenvalue weighted by atomic mass is 32.1. The van der Waals surface area contributed by atoms with Crippen LogP contribution >= 0.6 is 11.3 Å². The van der Waals surface area contributed by atoms with Crippen LogP contribution in [-0.4, -0.2) is 16.0 Å². The van der Waals surface area contributed by atoms with Gasteiger partial charge in [0.15, 0.2) is 0 Å². The summed E-state index contributed by atoms with van der Waals surface area (Å²) >= 11 is 1.48. The second-order valence-electron chi connectivity index (χ2n) is 2.57. The molecule has 6 nitrogen and oxygen atoms in total. The van der Waals surface area contributed by atoms with Crippen LogP contribution in [0.5, 0.6) is 0 Å². The molecule has 2 N–H and O–H groups in total. The van der Waals surface area contributed by atoms with E-state index in [1.165, 1.54) is 23.8 Å². The summed E-state index contributed by atoms with van der Waals surface area (Å²) in [5.41, 5.74) is 0. The van der Waals surface area contributed by atoms with Gasteiger partial charge in [0.05, 0.1) is 12.7 Å². The average molecular weight is 224 g/mol. The van der Waals surface area contributed by atoms with Crippen molar-refractivity contribution in [2.75, 3.05) is 5.32 Å². The zero-order valence-corrected chi connectivity index (χ0v) is 8.45. The largest absolute Gasteiger partial charge is 0.432 e. The number of amides is 2. The first-order chi connectivity index (χ1) is 7.34. The zero-order valence-electron chi connectivity index (χ0n) is 7.64. The van der Waals surface area contributed by atoms with Gasteiger partial charge < -0.3 is 9.73 Å². The Morgan fingerprint density at radius 2 is 2.40 bits per heavy atom. The fraction of sp³-hybridized carbons (Fsp3) is 0.125. The third-order valence-corrected chi connectivity index (χ3v) is 2.32. The van der Waals surface area contributed by atoms with Crippen molar-refractivity contribution in [3.63, 3.8) is 0 Å². The lowest BCUT2D eigenvalue weighted by atomic mass is 10.6. The molecule has 2 amide bonds. The van der Waals surface area contributed by atoms with Crippen molar-refractivity contribution in [1.29, 1.82) is 0 Å². The summed E-state index contributed by atoms with van der Waals surface area (Å²) in [6, 6.07) is -0.195. The Morgan fingerprint density at radius 3 is 3.07 bits per heavy atom. The molecule has 0 aliphatic heterocycles. The fourth-order valence-electron chi connectivity index (χ4n) is 0.923. The second kappa shape index (κ2) is 4.56. The lowest BCUT2D eigenvalue weighted by Gasteiger charge is -2.01. The van der Waals surface area contributed by atoms with Crippen molar-refractivity contribution in [1.82, 2.24) is 15.3 Å². The Bertz CT molecular complexity index is 412. The number of hydrogen-bond acceptors (Lipinski definition) is 5. The lowest BCUT2D eigenvalue weighted by Crippen LogP contribution is -2.28. The van der Waals surface area contributed by atoms with Crippen LogP contribution in [0.25, 0.3) is 0 Å². The molecule has 0 fully saturated rings. The number of aromatic nitrogens is 2. The SMILES string of the molecule is O=C(NCc1nccs1)Nc1ncco1. The number of oxazole rings is 1. The maximum absolute atomic E-state index is 11.3. The van der Waals surface area contributed by atoms with Gasteiger partial charge in [-0.1, -0.05) is 0 Å². The maximum Gasteiger partial charge on any atom is 0.323 e. The highest BCUT2D eigenvalue weighted by Gasteiger charge is 2.04. The van der Waals surface area contributed by atoms with E-state index in [0.29, 0.717) is 6.54 Å². The van der Waals surface area contributed by atoms with Gasteiger partial charge in [-0.3, -0.25) is 5.32 Å². The van der Waals surface area contributed by atoms with Gasteiger partial charge in [-0.05, 0) is 0 Å². The van der Waals surface area contributed by atoms with Gasteiger partial charge in [-0.25, -0.2) is 14.8 Å². The fourth-order valence-corrected chi connectivity index (χ4v) is 1.48. The summed E-state index contributed by atoms with van der Waals surface area (Å²) in [5, 5.41) is 7.75. The number of thiazole rings is 1. The van der Waals surface area contributed by atoms with Crippen LogP contribution in [0.3, 0.4) is 0 Å². The van der Waals surface area contributed by atoms with E-state index in [-0.39, 0.29) is 12.0 Å². The number of carbonyl (C=O) groups is 1. The predicted molar refractivity (Wildman–Crippen MR) is 54.5 cm³/mol. The molecule has 0 saturated heterocycles. The molecular formula is C8H8N4O2S. The number of urea groups is 1. The van der Waals surface area contributed by atoms with E-state index in [4.69, 9.17) is 4.42 Å². The monoisotopic (exact) mass is 224 g/mol. The molecule has 0 atom stereocenters. The molecule has 2 aromatic heterocycles. The summed E-state index contributed by atoms with van der Waals surface area (Å²) in [6.07, 6.45) is 4.53. The zero-order chi connectivity index (χ0) is 10.5. The quantitative estimate of drug-likeness (QED) is 0.827. The van der Waals surface area contributed by atoms with Crippen LogP contribution in [0.2, 0.25) is 0 Å². The average Bonchev–Trinajstić information content (AvgIpc) is 2.86.